The molecule has 2 aromatic rings. The van der Waals surface area contributed by atoms with E-state index in [2.05, 4.69) is 17.2 Å². The summed E-state index contributed by atoms with van der Waals surface area (Å²) in [7, 11) is 0. The molecule has 0 aliphatic heterocycles. The van der Waals surface area contributed by atoms with Crippen molar-refractivity contribution in [2.45, 2.75) is 19.4 Å². The number of primary amides is 1. The molecule has 0 aliphatic rings. The number of anilines is 2. The van der Waals surface area contributed by atoms with E-state index in [4.69, 9.17) is 11.5 Å². The van der Waals surface area contributed by atoms with Crippen LogP contribution >= 0.6 is 11.3 Å². The molecule has 0 bridgehead atoms. The van der Waals surface area contributed by atoms with Crippen LogP contribution in [0.4, 0.5) is 11.4 Å². The van der Waals surface area contributed by atoms with E-state index in [0.717, 1.165) is 17.1 Å². The summed E-state index contributed by atoms with van der Waals surface area (Å²) in [6.07, 6.45) is 2.67. The summed E-state index contributed by atoms with van der Waals surface area (Å²) in [4.78, 5) is 15.6. The zero-order chi connectivity index (χ0) is 13.8. The fourth-order valence-electron chi connectivity index (χ4n) is 1.81. The van der Waals surface area contributed by atoms with Crippen molar-refractivity contribution >= 4 is 28.6 Å². The van der Waals surface area contributed by atoms with Crippen molar-refractivity contribution in [3.8, 4) is 0 Å². The van der Waals surface area contributed by atoms with Gasteiger partial charge in [0, 0.05) is 23.0 Å². The van der Waals surface area contributed by atoms with Crippen molar-refractivity contribution < 1.29 is 4.79 Å². The summed E-state index contributed by atoms with van der Waals surface area (Å²) in [6.45, 7) is 2.07. The third kappa shape index (κ3) is 3.03. The highest BCUT2D eigenvalue weighted by molar-refractivity contribution is 7.09. The highest BCUT2D eigenvalue weighted by Crippen LogP contribution is 2.26. The van der Waals surface area contributed by atoms with E-state index < -0.39 is 5.91 Å². The van der Waals surface area contributed by atoms with Crippen LogP contribution in [-0.2, 0) is 0 Å². The first-order chi connectivity index (χ1) is 9.11. The molecular weight excluding hydrogens is 260 g/mol. The van der Waals surface area contributed by atoms with E-state index in [0.29, 0.717) is 11.3 Å². The Morgan fingerprint density at radius 3 is 2.89 bits per heavy atom. The summed E-state index contributed by atoms with van der Waals surface area (Å²) in [6, 6.07) is 5.30. The molecule has 1 unspecified atom stereocenters. The Morgan fingerprint density at radius 2 is 2.32 bits per heavy atom. The quantitative estimate of drug-likeness (QED) is 0.731. The van der Waals surface area contributed by atoms with Gasteiger partial charge in [-0.25, -0.2) is 4.98 Å². The molecule has 100 valence electrons. The van der Waals surface area contributed by atoms with Crippen LogP contribution in [0.25, 0.3) is 0 Å². The molecule has 1 amide bonds. The van der Waals surface area contributed by atoms with Crippen molar-refractivity contribution in [3.63, 3.8) is 0 Å². The van der Waals surface area contributed by atoms with Gasteiger partial charge >= 0.3 is 0 Å². The van der Waals surface area contributed by atoms with E-state index in [1.54, 1.807) is 29.7 Å². The van der Waals surface area contributed by atoms with Crippen LogP contribution in [0.15, 0.2) is 29.8 Å². The third-order valence-electron chi connectivity index (χ3n) is 2.82. The Morgan fingerprint density at radius 1 is 1.53 bits per heavy atom. The van der Waals surface area contributed by atoms with E-state index in [9.17, 15) is 4.79 Å². The lowest BCUT2D eigenvalue weighted by Crippen LogP contribution is -2.15. The van der Waals surface area contributed by atoms with Crippen molar-refractivity contribution in [3.05, 3.63) is 40.3 Å². The molecule has 0 saturated carbocycles. The van der Waals surface area contributed by atoms with Crippen LogP contribution in [-0.4, -0.2) is 10.9 Å². The molecule has 1 atom stereocenters. The van der Waals surface area contributed by atoms with Gasteiger partial charge in [0.15, 0.2) is 0 Å². The number of thiazole rings is 1. The fraction of sp³-hybridized carbons (Fsp3) is 0.231. The second kappa shape index (κ2) is 5.71. The summed E-state index contributed by atoms with van der Waals surface area (Å²) >= 11 is 1.60. The number of benzene rings is 1. The number of nitrogens with zero attached hydrogens (tertiary/aromatic N) is 1. The molecule has 0 aliphatic carbocycles. The normalized spacial score (nSPS) is 12.1. The maximum Gasteiger partial charge on any atom is 0.250 e. The lowest BCUT2D eigenvalue weighted by atomic mass is 10.1. The first-order valence-corrected chi connectivity index (χ1v) is 6.85. The van der Waals surface area contributed by atoms with Crippen LogP contribution < -0.4 is 16.8 Å². The summed E-state index contributed by atoms with van der Waals surface area (Å²) in [5, 5.41) is 6.29. The number of carbonyl (C=O) groups is 1. The summed E-state index contributed by atoms with van der Waals surface area (Å²) in [5.41, 5.74) is 12.5. The van der Waals surface area contributed by atoms with Gasteiger partial charge < -0.3 is 16.8 Å². The van der Waals surface area contributed by atoms with Crippen molar-refractivity contribution in [1.82, 2.24) is 4.98 Å². The number of hydrogen-bond donors (Lipinski definition) is 3. The number of aromatic nitrogens is 1. The molecule has 1 aromatic carbocycles. The van der Waals surface area contributed by atoms with E-state index >= 15 is 0 Å². The Balaban J connectivity index is 2.23. The number of hydrogen-bond acceptors (Lipinski definition) is 5. The molecule has 5 nitrogen and oxygen atoms in total. The van der Waals surface area contributed by atoms with Crippen LogP contribution in [0.2, 0.25) is 0 Å². The molecule has 1 aromatic heterocycles. The maximum atomic E-state index is 11.3. The Bertz CT molecular complexity index is 568. The number of nitrogens with one attached hydrogen (secondary N) is 1. The van der Waals surface area contributed by atoms with Gasteiger partial charge in [-0.2, -0.15) is 0 Å². The largest absolute Gasteiger partial charge is 0.398 e. The lowest BCUT2D eigenvalue weighted by Gasteiger charge is -2.16. The van der Waals surface area contributed by atoms with Gasteiger partial charge in [-0.15, -0.1) is 11.3 Å². The molecule has 1 heterocycles. The average molecular weight is 276 g/mol. The monoisotopic (exact) mass is 276 g/mol. The number of nitrogen functional groups attached to an aromatic ring is 1. The van der Waals surface area contributed by atoms with Crippen molar-refractivity contribution in [1.29, 1.82) is 0 Å². The molecule has 0 spiro atoms. The van der Waals surface area contributed by atoms with Crippen molar-refractivity contribution in [2.75, 3.05) is 11.1 Å². The van der Waals surface area contributed by atoms with Gasteiger partial charge in [-0.1, -0.05) is 6.92 Å². The zero-order valence-corrected chi connectivity index (χ0v) is 11.4. The molecule has 19 heavy (non-hydrogen) atoms. The smallest absolute Gasteiger partial charge is 0.250 e. The second-order valence-electron chi connectivity index (χ2n) is 4.14. The van der Waals surface area contributed by atoms with Gasteiger partial charge in [-0.05, 0) is 24.6 Å². The first-order valence-electron chi connectivity index (χ1n) is 5.97. The van der Waals surface area contributed by atoms with Crippen molar-refractivity contribution in [2.24, 2.45) is 5.73 Å². The molecular formula is C13H16N4OS. The average Bonchev–Trinajstić information content (AvgIpc) is 2.91. The number of amides is 1. The van der Waals surface area contributed by atoms with Gasteiger partial charge in [0.2, 0.25) is 0 Å². The standard InChI is InChI=1S/C13H16N4OS/c1-2-11(13-16-5-6-19-13)17-8-3-4-10(14)9(7-8)12(15)18/h3-7,11,17H,2,14H2,1H3,(H2,15,18). The van der Waals surface area contributed by atoms with E-state index in [1.165, 1.54) is 0 Å². The second-order valence-corrected chi connectivity index (χ2v) is 5.07. The minimum Gasteiger partial charge on any atom is -0.398 e. The first kappa shape index (κ1) is 13.4. The minimum atomic E-state index is -0.525. The third-order valence-corrected chi connectivity index (χ3v) is 3.71. The van der Waals surface area contributed by atoms with Gasteiger partial charge in [-0.3, -0.25) is 4.79 Å². The predicted molar refractivity (Wildman–Crippen MR) is 78.1 cm³/mol. The minimum absolute atomic E-state index is 0.115. The zero-order valence-electron chi connectivity index (χ0n) is 10.6. The highest BCUT2D eigenvalue weighted by atomic mass is 32.1. The van der Waals surface area contributed by atoms with Crippen LogP contribution in [0.1, 0.15) is 34.8 Å². The molecule has 0 radical (unpaired) electrons. The lowest BCUT2D eigenvalue weighted by molar-refractivity contribution is 0.100. The van der Waals surface area contributed by atoms with Crippen LogP contribution in [0.3, 0.4) is 0 Å². The predicted octanol–water partition coefficient (Wildman–Crippen LogP) is 2.39. The molecule has 5 N–H and O–H groups in total. The topological polar surface area (TPSA) is 94.0 Å². The van der Waals surface area contributed by atoms with E-state index in [1.807, 2.05) is 11.4 Å². The van der Waals surface area contributed by atoms with Crippen LogP contribution in [0, 0.1) is 0 Å². The summed E-state index contributed by atoms with van der Waals surface area (Å²) in [5.74, 6) is -0.525. The SMILES string of the molecule is CCC(Nc1ccc(N)c(C(N)=O)c1)c1nccs1. The number of nitrogens with two attached hydrogens (primary N) is 2. The maximum absolute atomic E-state index is 11.3. The molecule has 0 fully saturated rings. The van der Waals surface area contributed by atoms with Gasteiger partial charge in [0.05, 0.1) is 11.6 Å². The number of carbonyl (C=O) groups excluding carboxylic acids is 1. The Kier molecular flexibility index (Phi) is 4.01. The highest BCUT2D eigenvalue weighted by Gasteiger charge is 2.13. The summed E-state index contributed by atoms with van der Waals surface area (Å²) < 4.78 is 0. The number of rotatable bonds is 5. The Hall–Kier alpha value is -2.08. The Labute approximate surface area is 115 Å². The molecule has 2 rings (SSSR count). The van der Waals surface area contributed by atoms with Crippen LogP contribution in [0.5, 0.6) is 0 Å². The molecule has 6 heteroatoms. The fourth-order valence-corrected chi connectivity index (χ4v) is 2.58. The van der Waals surface area contributed by atoms with Gasteiger partial charge in [0.25, 0.3) is 5.91 Å². The van der Waals surface area contributed by atoms with Gasteiger partial charge in [0.1, 0.15) is 5.01 Å². The molecule has 0 saturated heterocycles. The van der Waals surface area contributed by atoms with E-state index in [-0.39, 0.29) is 6.04 Å².